The molecule has 4 heteroatoms. The van der Waals surface area contributed by atoms with Crippen molar-refractivity contribution in [2.75, 3.05) is 6.54 Å². The highest BCUT2D eigenvalue weighted by Gasteiger charge is 2.17. The number of halogens is 1. The van der Waals surface area contributed by atoms with E-state index in [9.17, 15) is 4.39 Å². The molecule has 0 saturated carbocycles. The van der Waals surface area contributed by atoms with Gasteiger partial charge in [0.05, 0.1) is 17.2 Å². The molecular weight excluding hydrogens is 247 g/mol. The summed E-state index contributed by atoms with van der Waals surface area (Å²) in [5.41, 5.74) is 4.65. The molecule has 0 aliphatic carbocycles. The standard InChI is InChI=1S/C14H17FN2S/c1-4-16-13(14-10(3)17-8-18-14)11-5-6-12(15)9(2)7-11/h5-8,13,16H,4H2,1-3H3. The average Bonchev–Trinajstić information content (AvgIpc) is 2.76. The van der Waals surface area contributed by atoms with E-state index in [1.807, 2.05) is 24.6 Å². The molecule has 1 heterocycles. The molecule has 96 valence electrons. The number of thiazole rings is 1. The first-order valence-corrected chi connectivity index (χ1v) is 6.90. The maximum absolute atomic E-state index is 13.3. The molecular formula is C14H17FN2S. The Bertz CT molecular complexity index is 536. The lowest BCUT2D eigenvalue weighted by atomic mass is 10.0. The molecule has 2 nitrogen and oxygen atoms in total. The van der Waals surface area contributed by atoms with Crippen LogP contribution in [0.2, 0.25) is 0 Å². The minimum Gasteiger partial charge on any atom is -0.306 e. The highest BCUT2D eigenvalue weighted by atomic mass is 32.1. The van der Waals surface area contributed by atoms with Crippen LogP contribution in [0.1, 0.15) is 34.7 Å². The summed E-state index contributed by atoms with van der Waals surface area (Å²) >= 11 is 1.64. The summed E-state index contributed by atoms with van der Waals surface area (Å²) in [6.45, 7) is 6.73. The van der Waals surface area contributed by atoms with Crippen LogP contribution in [0, 0.1) is 19.7 Å². The second-order valence-corrected chi connectivity index (χ2v) is 5.19. The first-order chi connectivity index (χ1) is 8.63. The van der Waals surface area contributed by atoms with Crippen LogP contribution in [-0.4, -0.2) is 11.5 Å². The summed E-state index contributed by atoms with van der Waals surface area (Å²) in [5, 5.41) is 3.44. The van der Waals surface area contributed by atoms with Crippen molar-refractivity contribution in [1.29, 1.82) is 0 Å². The topological polar surface area (TPSA) is 24.9 Å². The highest BCUT2D eigenvalue weighted by Crippen LogP contribution is 2.28. The van der Waals surface area contributed by atoms with Gasteiger partial charge >= 0.3 is 0 Å². The number of rotatable bonds is 4. The molecule has 0 aliphatic rings. The lowest BCUT2D eigenvalue weighted by Gasteiger charge is -2.18. The van der Waals surface area contributed by atoms with Gasteiger partial charge < -0.3 is 5.32 Å². The van der Waals surface area contributed by atoms with Crippen molar-refractivity contribution in [1.82, 2.24) is 10.3 Å². The van der Waals surface area contributed by atoms with Gasteiger partial charge in [-0.2, -0.15) is 0 Å². The SMILES string of the molecule is CCNC(c1ccc(F)c(C)c1)c1scnc1C. The Kier molecular flexibility index (Phi) is 4.09. The molecule has 0 spiro atoms. The third-order valence-corrected chi connectivity index (χ3v) is 3.96. The summed E-state index contributed by atoms with van der Waals surface area (Å²) in [7, 11) is 0. The Morgan fingerprint density at radius 2 is 2.17 bits per heavy atom. The Morgan fingerprint density at radius 1 is 1.39 bits per heavy atom. The zero-order valence-electron chi connectivity index (χ0n) is 10.8. The van der Waals surface area contributed by atoms with Crippen LogP contribution in [0.5, 0.6) is 0 Å². The number of nitrogens with one attached hydrogen (secondary N) is 1. The minimum atomic E-state index is -0.157. The fraction of sp³-hybridized carbons (Fsp3) is 0.357. The van der Waals surface area contributed by atoms with Crippen molar-refractivity contribution in [2.45, 2.75) is 26.8 Å². The molecule has 1 atom stereocenters. The van der Waals surface area contributed by atoms with E-state index in [4.69, 9.17) is 0 Å². The zero-order chi connectivity index (χ0) is 13.1. The Balaban J connectivity index is 2.41. The van der Waals surface area contributed by atoms with Crippen LogP contribution < -0.4 is 5.32 Å². The van der Waals surface area contributed by atoms with E-state index < -0.39 is 0 Å². The Hall–Kier alpha value is -1.26. The molecule has 2 aromatic rings. The maximum Gasteiger partial charge on any atom is 0.126 e. The van der Waals surface area contributed by atoms with Gasteiger partial charge in [-0.3, -0.25) is 0 Å². The van der Waals surface area contributed by atoms with Crippen molar-refractivity contribution in [2.24, 2.45) is 0 Å². The largest absolute Gasteiger partial charge is 0.306 e. The van der Waals surface area contributed by atoms with Crippen LogP contribution in [0.25, 0.3) is 0 Å². The average molecular weight is 264 g/mol. The molecule has 2 rings (SSSR count). The van der Waals surface area contributed by atoms with E-state index in [2.05, 4.69) is 17.2 Å². The van der Waals surface area contributed by atoms with E-state index in [0.717, 1.165) is 17.8 Å². The second kappa shape index (κ2) is 5.59. The highest BCUT2D eigenvalue weighted by molar-refractivity contribution is 7.09. The lowest BCUT2D eigenvalue weighted by molar-refractivity contribution is 0.608. The summed E-state index contributed by atoms with van der Waals surface area (Å²) in [5.74, 6) is -0.157. The molecule has 1 N–H and O–H groups in total. The summed E-state index contributed by atoms with van der Waals surface area (Å²) < 4.78 is 13.3. The van der Waals surface area contributed by atoms with Crippen molar-refractivity contribution in [3.05, 3.63) is 51.2 Å². The molecule has 1 aromatic carbocycles. The Labute approximate surface area is 111 Å². The first-order valence-electron chi connectivity index (χ1n) is 6.03. The van der Waals surface area contributed by atoms with Crippen LogP contribution >= 0.6 is 11.3 Å². The predicted molar refractivity (Wildman–Crippen MR) is 73.5 cm³/mol. The molecule has 0 aliphatic heterocycles. The monoisotopic (exact) mass is 264 g/mol. The summed E-state index contributed by atoms with van der Waals surface area (Å²) in [6, 6.07) is 5.38. The van der Waals surface area contributed by atoms with Crippen LogP contribution in [0.4, 0.5) is 4.39 Å². The first kappa shape index (κ1) is 13.2. The minimum absolute atomic E-state index is 0.0989. The summed E-state index contributed by atoms with van der Waals surface area (Å²) in [4.78, 5) is 5.49. The van der Waals surface area contributed by atoms with Crippen molar-refractivity contribution >= 4 is 11.3 Å². The maximum atomic E-state index is 13.3. The van der Waals surface area contributed by atoms with Gasteiger partial charge in [0, 0.05) is 4.88 Å². The van der Waals surface area contributed by atoms with Crippen LogP contribution in [0.3, 0.4) is 0 Å². The van der Waals surface area contributed by atoms with Crippen molar-refractivity contribution in [3.8, 4) is 0 Å². The van der Waals surface area contributed by atoms with Gasteiger partial charge in [-0.1, -0.05) is 19.1 Å². The fourth-order valence-corrected chi connectivity index (χ4v) is 2.90. The van der Waals surface area contributed by atoms with Gasteiger partial charge in [0.15, 0.2) is 0 Å². The zero-order valence-corrected chi connectivity index (χ0v) is 11.6. The van der Waals surface area contributed by atoms with Crippen LogP contribution in [-0.2, 0) is 0 Å². The molecule has 0 fully saturated rings. The molecule has 18 heavy (non-hydrogen) atoms. The van der Waals surface area contributed by atoms with E-state index in [1.54, 1.807) is 18.3 Å². The quantitative estimate of drug-likeness (QED) is 0.912. The number of benzene rings is 1. The van der Waals surface area contributed by atoms with Crippen molar-refractivity contribution < 1.29 is 4.39 Å². The van der Waals surface area contributed by atoms with Crippen LogP contribution in [0.15, 0.2) is 23.7 Å². The van der Waals surface area contributed by atoms with E-state index >= 15 is 0 Å². The molecule has 0 amide bonds. The van der Waals surface area contributed by atoms with Gasteiger partial charge in [0.2, 0.25) is 0 Å². The number of aryl methyl sites for hydroxylation is 2. The number of hydrogen-bond donors (Lipinski definition) is 1. The van der Waals surface area contributed by atoms with Gasteiger partial charge in [-0.25, -0.2) is 9.37 Å². The molecule has 1 unspecified atom stereocenters. The van der Waals surface area contributed by atoms with E-state index in [-0.39, 0.29) is 11.9 Å². The van der Waals surface area contributed by atoms with Gasteiger partial charge in [-0.05, 0) is 37.6 Å². The number of aromatic nitrogens is 1. The smallest absolute Gasteiger partial charge is 0.126 e. The van der Waals surface area contributed by atoms with Gasteiger partial charge in [0.1, 0.15) is 5.82 Å². The predicted octanol–water partition coefficient (Wildman–Crippen LogP) is 3.60. The third-order valence-electron chi connectivity index (χ3n) is 2.97. The van der Waals surface area contributed by atoms with E-state index in [1.165, 1.54) is 10.9 Å². The lowest BCUT2D eigenvalue weighted by Crippen LogP contribution is -2.22. The normalized spacial score (nSPS) is 12.7. The van der Waals surface area contributed by atoms with E-state index in [0.29, 0.717) is 5.56 Å². The second-order valence-electron chi connectivity index (χ2n) is 4.30. The van der Waals surface area contributed by atoms with Gasteiger partial charge in [-0.15, -0.1) is 11.3 Å². The molecule has 0 saturated heterocycles. The van der Waals surface area contributed by atoms with Gasteiger partial charge in [0.25, 0.3) is 0 Å². The molecule has 0 bridgehead atoms. The number of nitrogens with zero attached hydrogens (tertiary/aromatic N) is 1. The molecule has 0 radical (unpaired) electrons. The Morgan fingerprint density at radius 3 is 2.72 bits per heavy atom. The third kappa shape index (κ3) is 2.60. The fourth-order valence-electron chi connectivity index (χ4n) is 2.00. The molecule has 1 aromatic heterocycles. The summed E-state index contributed by atoms with van der Waals surface area (Å²) in [6.07, 6.45) is 0. The number of hydrogen-bond acceptors (Lipinski definition) is 3. The van der Waals surface area contributed by atoms with Crippen molar-refractivity contribution in [3.63, 3.8) is 0 Å².